The van der Waals surface area contributed by atoms with Gasteiger partial charge in [0.25, 0.3) is 5.60 Å². The molecule has 0 bridgehead atoms. The van der Waals surface area contributed by atoms with Crippen LogP contribution < -0.4 is 0 Å². The highest BCUT2D eigenvalue weighted by atomic mass is 32.3. The molecule has 0 unspecified atom stereocenters. The summed E-state index contributed by atoms with van der Waals surface area (Å²) in [7, 11) is -5.22. The van der Waals surface area contributed by atoms with Gasteiger partial charge in [0.1, 0.15) is 0 Å². The molecule has 0 saturated heterocycles. The number of unbranched alkanes of at least 4 members (excludes halogenated alkanes) is 18. The summed E-state index contributed by atoms with van der Waals surface area (Å²) in [5.74, 6) is -2.52. The molecule has 0 saturated carbocycles. The Balaban J connectivity index is 5.43. The van der Waals surface area contributed by atoms with Crippen molar-refractivity contribution in [3.8, 4) is 0 Å². The number of Topliss-reactive ketones (excluding diaryl/α,β-unsaturated/α-hetero) is 3. The van der Waals surface area contributed by atoms with Crippen molar-refractivity contribution in [2.24, 2.45) is 0 Å². The molecule has 0 fully saturated rings. The fourth-order valence-electron chi connectivity index (χ4n) is 5.02. The lowest BCUT2D eigenvalue weighted by Crippen LogP contribution is -2.56. The van der Waals surface area contributed by atoms with Crippen molar-refractivity contribution in [3.05, 3.63) is 0 Å². The van der Waals surface area contributed by atoms with E-state index in [1.807, 2.05) is 0 Å². The summed E-state index contributed by atoms with van der Waals surface area (Å²) in [6, 6.07) is 0. The van der Waals surface area contributed by atoms with Crippen molar-refractivity contribution < 1.29 is 31.5 Å². The lowest BCUT2D eigenvalue weighted by molar-refractivity contribution is -0.156. The van der Waals surface area contributed by atoms with Crippen molar-refractivity contribution in [2.75, 3.05) is 0 Å². The van der Waals surface area contributed by atoms with E-state index in [1.54, 1.807) is 0 Å². The van der Waals surface area contributed by atoms with E-state index in [-0.39, 0.29) is 19.3 Å². The molecule has 1 N–H and O–H groups in total. The summed E-state index contributed by atoms with van der Waals surface area (Å²) in [5, 5.41) is 0. The standard InChI is InChI=1S/C31H58O7S/c1-4-7-10-13-16-19-22-25-28(32)31(38-39(35,36)37,29(33)26-23-20-17-14-11-8-5-2)30(34)27-24-21-18-15-12-9-6-3/h4-27H2,1-3H3,(H,35,36,37). The molecule has 230 valence electrons. The van der Waals surface area contributed by atoms with Gasteiger partial charge in [0, 0.05) is 19.3 Å². The van der Waals surface area contributed by atoms with Crippen LogP contribution in [-0.2, 0) is 29.0 Å². The third-order valence-corrected chi connectivity index (χ3v) is 7.89. The lowest BCUT2D eigenvalue weighted by Gasteiger charge is -2.28. The van der Waals surface area contributed by atoms with Crippen molar-refractivity contribution in [2.45, 2.75) is 180 Å². The Morgan fingerprint density at radius 2 is 0.718 bits per heavy atom. The number of hydrogen-bond acceptors (Lipinski definition) is 6. The molecule has 0 aromatic heterocycles. The molecule has 0 spiro atoms. The first-order valence-corrected chi connectivity index (χ1v) is 17.3. The van der Waals surface area contributed by atoms with Gasteiger partial charge in [-0.25, -0.2) is 4.18 Å². The zero-order chi connectivity index (χ0) is 29.4. The average Bonchev–Trinajstić information content (AvgIpc) is 2.89. The molecule has 8 heteroatoms. The number of rotatable bonds is 29. The number of carbonyl (C=O) groups excluding carboxylic acids is 3. The zero-order valence-corrected chi connectivity index (χ0v) is 26.1. The van der Waals surface area contributed by atoms with E-state index in [2.05, 4.69) is 20.8 Å². The second-order valence-corrected chi connectivity index (χ2v) is 12.1. The Hall–Kier alpha value is -1.12. The largest absolute Gasteiger partial charge is 0.399 e. The number of ketones is 3. The topological polar surface area (TPSA) is 115 Å². The van der Waals surface area contributed by atoms with Crippen LogP contribution in [0, 0.1) is 0 Å². The van der Waals surface area contributed by atoms with Crippen LogP contribution in [0.15, 0.2) is 0 Å². The molecular weight excluding hydrogens is 516 g/mol. The fourth-order valence-corrected chi connectivity index (χ4v) is 5.61. The highest BCUT2D eigenvalue weighted by Crippen LogP contribution is 2.28. The van der Waals surface area contributed by atoms with Crippen molar-refractivity contribution in [1.82, 2.24) is 0 Å². The number of carbonyl (C=O) groups is 3. The van der Waals surface area contributed by atoms with E-state index < -0.39 is 33.3 Å². The van der Waals surface area contributed by atoms with Gasteiger partial charge >= 0.3 is 10.4 Å². The predicted molar refractivity (Wildman–Crippen MR) is 158 cm³/mol. The molecule has 0 aliphatic rings. The normalized spacial score (nSPS) is 12.1. The maximum absolute atomic E-state index is 13.4. The minimum absolute atomic E-state index is 0.130. The van der Waals surface area contributed by atoms with Gasteiger partial charge in [0.15, 0.2) is 17.3 Å². The van der Waals surface area contributed by atoms with Crippen LogP contribution in [0.25, 0.3) is 0 Å². The summed E-state index contributed by atoms with van der Waals surface area (Å²) in [6.45, 7) is 6.42. The molecule has 0 heterocycles. The van der Waals surface area contributed by atoms with E-state index in [0.717, 1.165) is 116 Å². The Morgan fingerprint density at radius 3 is 0.949 bits per heavy atom. The molecule has 39 heavy (non-hydrogen) atoms. The molecule has 0 aliphatic carbocycles. The second-order valence-electron chi connectivity index (χ2n) is 11.1. The van der Waals surface area contributed by atoms with E-state index in [4.69, 9.17) is 4.18 Å². The van der Waals surface area contributed by atoms with Crippen LogP contribution >= 0.6 is 0 Å². The van der Waals surface area contributed by atoms with Crippen molar-refractivity contribution in [1.29, 1.82) is 0 Å². The minimum Gasteiger partial charge on any atom is -0.295 e. The molecule has 0 aromatic rings. The minimum atomic E-state index is -5.22. The molecule has 7 nitrogen and oxygen atoms in total. The van der Waals surface area contributed by atoms with Crippen LogP contribution in [0.4, 0.5) is 0 Å². The van der Waals surface area contributed by atoms with E-state index in [1.165, 1.54) is 0 Å². The molecule has 0 atom stereocenters. The first-order chi connectivity index (χ1) is 18.7. The number of hydrogen-bond donors (Lipinski definition) is 1. The SMILES string of the molecule is CCCCCCCCCC(=O)C(OS(=O)(=O)O)(C(=O)CCCCCCCCC)C(=O)CCCCCCCCC. The summed E-state index contributed by atoms with van der Waals surface area (Å²) in [4.78, 5) is 40.3. The fraction of sp³-hybridized carbons (Fsp3) is 0.903. The molecule has 0 aromatic carbocycles. The summed E-state index contributed by atoms with van der Waals surface area (Å²) in [6.07, 6.45) is 19.3. The maximum Gasteiger partial charge on any atom is 0.399 e. The van der Waals surface area contributed by atoms with Crippen LogP contribution in [0.2, 0.25) is 0 Å². The highest BCUT2D eigenvalue weighted by molar-refractivity contribution is 7.81. The molecular formula is C31H58O7S. The van der Waals surface area contributed by atoms with Crippen LogP contribution in [0.5, 0.6) is 0 Å². The molecule has 0 radical (unpaired) electrons. The van der Waals surface area contributed by atoms with Crippen molar-refractivity contribution in [3.63, 3.8) is 0 Å². The van der Waals surface area contributed by atoms with Gasteiger partial charge < -0.3 is 0 Å². The van der Waals surface area contributed by atoms with Gasteiger partial charge in [-0.1, -0.05) is 136 Å². The summed E-state index contributed by atoms with van der Waals surface area (Å²) < 4.78 is 38.1. The van der Waals surface area contributed by atoms with E-state index in [0.29, 0.717) is 19.3 Å². The third kappa shape index (κ3) is 18.0. The van der Waals surface area contributed by atoms with E-state index in [9.17, 15) is 27.4 Å². The highest BCUT2D eigenvalue weighted by Gasteiger charge is 2.54. The van der Waals surface area contributed by atoms with Crippen LogP contribution in [0.1, 0.15) is 175 Å². The summed E-state index contributed by atoms with van der Waals surface area (Å²) >= 11 is 0. The van der Waals surface area contributed by atoms with Gasteiger partial charge in [-0.15, -0.1) is 0 Å². The molecule has 0 rings (SSSR count). The van der Waals surface area contributed by atoms with Crippen LogP contribution in [0.3, 0.4) is 0 Å². The van der Waals surface area contributed by atoms with Gasteiger partial charge in [0.05, 0.1) is 0 Å². The smallest absolute Gasteiger partial charge is 0.295 e. The molecule has 0 amide bonds. The second kappa shape index (κ2) is 23.6. The first-order valence-electron chi connectivity index (χ1n) is 15.9. The van der Waals surface area contributed by atoms with E-state index >= 15 is 0 Å². The lowest BCUT2D eigenvalue weighted by atomic mass is 9.81. The third-order valence-electron chi connectivity index (χ3n) is 7.43. The van der Waals surface area contributed by atoms with Crippen LogP contribution in [-0.4, -0.2) is 35.9 Å². The maximum atomic E-state index is 13.4. The first kappa shape index (κ1) is 37.9. The molecule has 0 aliphatic heterocycles. The average molecular weight is 575 g/mol. The Labute approximate surface area is 239 Å². The predicted octanol–water partition coefficient (Wildman–Crippen LogP) is 8.67. The van der Waals surface area contributed by atoms with Gasteiger partial charge in [0.2, 0.25) is 0 Å². The Morgan fingerprint density at radius 1 is 0.487 bits per heavy atom. The van der Waals surface area contributed by atoms with Gasteiger partial charge in [-0.05, 0) is 19.3 Å². The van der Waals surface area contributed by atoms with Gasteiger partial charge in [-0.2, -0.15) is 8.42 Å². The van der Waals surface area contributed by atoms with Gasteiger partial charge in [-0.3, -0.25) is 18.9 Å². The zero-order valence-electron chi connectivity index (χ0n) is 25.3. The monoisotopic (exact) mass is 574 g/mol. The Kier molecular flexibility index (Phi) is 22.9. The Bertz CT molecular complexity index is 687. The quantitative estimate of drug-likeness (QED) is 0.0540. The van der Waals surface area contributed by atoms with Crippen molar-refractivity contribution >= 4 is 27.7 Å². The summed E-state index contributed by atoms with van der Waals surface area (Å²) in [5.41, 5.74) is -2.76.